The minimum Gasteiger partial charge on any atom is -0.206 e. The van der Waals surface area contributed by atoms with Crippen LogP contribution in [0.15, 0.2) is 72.8 Å². The number of rotatable bonds is 2. The van der Waals surface area contributed by atoms with Crippen LogP contribution in [-0.4, -0.2) is 0 Å². The summed E-state index contributed by atoms with van der Waals surface area (Å²) in [5, 5.41) is 0.717. The van der Waals surface area contributed by atoms with Crippen molar-refractivity contribution >= 4 is 10.8 Å². The molecule has 0 N–H and O–H groups in total. The average molecular weight is 424 g/mol. The number of hydrogen-bond donors (Lipinski definition) is 0. The van der Waals surface area contributed by atoms with Crippen molar-refractivity contribution in [1.29, 1.82) is 0 Å². The number of aryl methyl sites for hydroxylation is 1. The monoisotopic (exact) mass is 424 g/mol. The van der Waals surface area contributed by atoms with E-state index in [9.17, 15) is 13.2 Å². The predicted octanol–water partition coefficient (Wildman–Crippen LogP) is 7.01. The molecule has 0 heterocycles. The Hall–Kier alpha value is -3.95. The number of halogens is 3. The molecular formula is C29H19F3. The van der Waals surface area contributed by atoms with Gasteiger partial charge in [0.1, 0.15) is 5.82 Å². The van der Waals surface area contributed by atoms with Crippen molar-refractivity contribution in [3.8, 4) is 23.7 Å². The van der Waals surface area contributed by atoms with Gasteiger partial charge in [0.2, 0.25) is 0 Å². The van der Waals surface area contributed by atoms with Crippen LogP contribution in [0.4, 0.5) is 13.2 Å². The summed E-state index contributed by atoms with van der Waals surface area (Å²) >= 11 is 0. The van der Waals surface area contributed by atoms with Crippen LogP contribution in [0, 0.1) is 41.1 Å². The molecule has 0 bridgehead atoms. The molecule has 0 fully saturated rings. The molecule has 0 aliphatic carbocycles. The molecule has 4 aromatic carbocycles. The third-order valence-corrected chi connectivity index (χ3v) is 5.06. The lowest BCUT2D eigenvalue weighted by molar-refractivity contribution is 0.517. The molecule has 0 saturated heterocycles. The Morgan fingerprint density at radius 2 is 1.28 bits per heavy atom. The van der Waals surface area contributed by atoms with Crippen molar-refractivity contribution in [2.75, 3.05) is 0 Å². The van der Waals surface area contributed by atoms with Gasteiger partial charge in [0.05, 0.1) is 5.56 Å². The Bertz CT molecular complexity index is 1410. The van der Waals surface area contributed by atoms with E-state index in [0.29, 0.717) is 16.5 Å². The highest BCUT2D eigenvalue weighted by molar-refractivity contribution is 5.84. The Morgan fingerprint density at radius 3 is 2.03 bits per heavy atom. The van der Waals surface area contributed by atoms with Gasteiger partial charge in [0.15, 0.2) is 11.6 Å². The highest BCUT2D eigenvalue weighted by Gasteiger charge is 2.07. The lowest BCUT2D eigenvalue weighted by Gasteiger charge is -2.01. The average Bonchev–Trinajstić information content (AvgIpc) is 2.80. The molecule has 0 radical (unpaired) electrons. The van der Waals surface area contributed by atoms with Crippen molar-refractivity contribution in [3.05, 3.63) is 118 Å². The third-order valence-electron chi connectivity index (χ3n) is 5.06. The van der Waals surface area contributed by atoms with Gasteiger partial charge in [0.25, 0.3) is 0 Å². The Morgan fingerprint density at radius 1 is 0.625 bits per heavy atom. The van der Waals surface area contributed by atoms with Gasteiger partial charge >= 0.3 is 0 Å². The first-order chi connectivity index (χ1) is 15.5. The summed E-state index contributed by atoms with van der Waals surface area (Å²) in [6, 6.07) is 20.0. The van der Waals surface area contributed by atoms with Crippen molar-refractivity contribution in [1.82, 2.24) is 0 Å². The summed E-state index contributed by atoms with van der Waals surface area (Å²) < 4.78 is 41.7. The van der Waals surface area contributed by atoms with Crippen LogP contribution < -0.4 is 0 Å². The summed E-state index contributed by atoms with van der Waals surface area (Å²) in [4.78, 5) is 0. The van der Waals surface area contributed by atoms with Gasteiger partial charge in [-0.1, -0.05) is 61.3 Å². The molecule has 0 spiro atoms. The van der Waals surface area contributed by atoms with E-state index in [4.69, 9.17) is 0 Å². The first kappa shape index (κ1) is 21.3. The first-order valence-electron chi connectivity index (χ1n) is 10.3. The van der Waals surface area contributed by atoms with Gasteiger partial charge in [-0.2, -0.15) is 0 Å². The van der Waals surface area contributed by atoms with Gasteiger partial charge in [-0.05, 0) is 65.9 Å². The highest BCUT2D eigenvalue weighted by atomic mass is 19.2. The summed E-state index contributed by atoms with van der Waals surface area (Å²) in [6.07, 6.45) is 2.13. The highest BCUT2D eigenvalue weighted by Crippen LogP contribution is 2.21. The maximum absolute atomic E-state index is 14.5. The maximum Gasteiger partial charge on any atom is 0.166 e. The van der Waals surface area contributed by atoms with Crippen LogP contribution in [0.2, 0.25) is 0 Å². The molecule has 0 amide bonds. The quantitative estimate of drug-likeness (QED) is 0.304. The summed E-state index contributed by atoms with van der Waals surface area (Å²) in [6.45, 7) is 2.14. The SMILES string of the molecule is CCCc1ccc(C#Cc2ccc(C#Cc3ccc4c(F)c(F)ccc4c3)c(F)c2)cc1. The summed E-state index contributed by atoms with van der Waals surface area (Å²) in [5.41, 5.74) is 3.54. The van der Waals surface area contributed by atoms with Crippen LogP contribution in [0.5, 0.6) is 0 Å². The van der Waals surface area contributed by atoms with E-state index in [1.54, 1.807) is 24.3 Å². The van der Waals surface area contributed by atoms with Crippen LogP contribution in [0.25, 0.3) is 10.8 Å². The molecule has 0 aromatic heterocycles. The van der Waals surface area contributed by atoms with Crippen molar-refractivity contribution in [2.24, 2.45) is 0 Å². The lowest BCUT2D eigenvalue weighted by Crippen LogP contribution is -1.88. The Balaban J connectivity index is 1.53. The minimum absolute atomic E-state index is 0.185. The molecule has 32 heavy (non-hydrogen) atoms. The van der Waals surface area contributed by atoms with Crippen molar-refractivity contribution in [3.63, 3.8) is 0 Å². The molecule has 3 heteroatoms. The largest absolute Gasteiger partial charge is 0.206 e. The zero-order valence-corrected chi connectivity index (χ0v) is 17.5. The Labute approximate surface area is 185 Å². The fourth-order valence-corrected chi connectivity index (χ4v) is 3.36. The van der Waals surface area contributed by atoms with E-state index in [2.05, 4.69) is 42.7 Å². The molecule has 0 atom stereocenters. The predicted molar refractivity (Wildman–Crippen MR) is 123 cm³/mol. The maximum atomic E-state index is 14.5. The van der Waals surface area contributed by atoms with Crippen LogP contribution >= 0.6 is 0 Å². The van der Waals surface area contributed by atoms with E-state index < -0.39 is 17.5 Å². The zero-order valence-electron chi connectivity index (χ0n) is 17.5. The first-order valence-corrected chi connectivity index (χ1v) is 10.3. The van der Waals surface area contributed by atoms with Gasteiger partial charge in [0, 0.05) is 22.1 Å². The van der Waals surface area contributed by atoms with Gasteiger partial charge in [-0.25, -0.2) is 13.2 Å². The van der Waals surface area contributed by atoms with Gasteiger partial charge < -0.3 is 0 Å². The fraction of sp³-hybridized carbons (Fsp3) is 0.103. The smallest absolute Gasteiger partial charge is 0.166 e. The van der Waals surface area contributed by atoms with E-state index in [-0.39, 0.29) is 10.9 Å². The standard InChI is InChI=1S/C29H19F3/c1-2-3-20-4-6-21(7-5-20)8-9-23-11-14-24(28(31)19-23)13-10-22-12-16-26-25(18-22)15-17-27(30)29(26)32/h4-7,11-12,14-19H,2-3H2,1H3. The Kier molecular flexibility index (Phi) is 6.29. The molecular weight excluding hydrogens is 405 g/mol. The lowest BCUT2D eigenvalue weighted by atomic mass is 10.1. The minimum atomic E-state index is -0.893. The molecule has 0 aliphatic heterocycles. The molecule has 156 valence electrons. The van der Waals surface area contributed by atoms with Crippen molar-refractivity contribution < 1.29 is 13.2 Å². The molecule has 4 rings (SSSR count). The summed E-state index contributed by atoms with van der Waals surface area (Å²) in [5.74, 6) is 9.46. The molecule has 4 aromatic rings. The van der Waals surface area contributed by atoms with Crippen LogP contribution in [0.1, 0.15) is 41.2 Å². The van der Waals surface area contributed by atoms with E-state index in [0.717, 1.165) is 24.5 Å². The summed E-state index contributed by atoms with van der Waals surface area (Å²) in [7, 11) is 0. The topological polar surface area (TPSA) is 0 Å². The fourth-order valence-electron chi connectivity index (χ4n) is 3.36. The molecule has 0 saturated carbocycles. The van der Waals surface area contributed by atoms with Crippen LogP contribution in [0.3, 0.4) is 0 Å². The zero-order chi connectivity index (χ0) is 22.5. The van der Waals surface area contributed by atoms with E-state index >= 15 is 0 Å². The number of benzene rings is 4. The normalized spacial score (nSPS) is 10.2. The van der Waals surface area contributed by atoms with E-state index in [1.807, 2.05) is 12.1 Å². The molecule has 0 aliphatic rings. The number of fused-ring (bicyclic) bond motifs is 1. The second-order valence-electron chi connectivity index (χ2n) is 7.44. The van der Waals surface area contributed by atoms with Gasteiger partial charge in [-0.15, -0.1) is 0 Å². The van der Waals surface area contributed by atoms with Crippen molar-refractivity contribution in [2.45, 2.75) is 19.8 Å². The third kappa shape index (κ3) is 4.85. The second kappa shape index (κ2) is 9.46. The van der Waals surface area contributed by atoms with Crippen LogP contribution in [-0.2, 0) is 6.42 Å². The molecule has 0 unspecified atom stereocenters. The second-order valence-corrected chi connectivity index (χ2v) is 7.44. The molecule has 0 nitrogen and oxygen atoms in total. The van der Waals surface area contributed by atoms with Gasteiger partial charge in [-0.3, -0.25) is 0 Å². The number of hydrogen-bond acceptors (Lipinski definition) is 0. The van der Waals surface area contributed by atoms with E-state index in [1.165, 1.54) is 23.8 Å².